The number of rotatable bonds is 4. The zero-order valence-corrected chi connectivity index (χ0v) is 14.7. The molecule has 5 nitrogen and oxygen atoms in total. The third-order valence-corrected chi connectivity index (χ3v) is 3.89. The lowest BCUT2D eigenvalue weighted by molar-refractivity contribution is 0.102. The predicted molar refractivity (Wildman–Crippen MR) is 103 cm³/mol. The fraction of sp³-hybridized carbons (Fsp3) is 0.0500. The average molecular weight is 366 g/mol. The summed E-state index contributed by atoms with van der Waals surface area (Å²) >= 11 is 5.83. The summed E-state index contributed by atoms with van der Waals surface area (Å²) in [6, 6.07) is 15.7. The Labute approximate surface area is 156 Å². The maximum atomic E-state index is 12.4. The second kappa shape index (κ2) is 7.80. The largest absolute Gasteiger partial charge is 0.322 e. The molecule has 0 saturated carbocycles. The van der Waals surface area contributed by atoms with Crippen LogP contribution in [0.15, 0.2) is 67.0 Å². The summed E-state index contributed by atoms with van der Waals surface area (Å²) in [5.41, 5.74) is 2.92. The Morgan fingerprint density at radius 2 is 1.46 bits per heavy atom. The molecule has 1 heterocycles. The van der Waals surface area contributed by atoms with Crippen LogP contribution in [-0.2, 0) is 0 Å². The predicted octanol–water partition coefficient (Wildman–Crippen LogP) is 4.55. The van der Waals surface area contributed by atoms with Gasteiger partial charge in [0.2, 0.25) is 0 Å². The first kappa shape index (κ1) is 17.6. The van der Waals surface area contributed by atoms with Crippen molar-refractivity contribution in [2.75, 3.05) is 10.6 Å². The molecular weight excluding hydrogens is 350 g/mol. The minimum atomic E-state index is -0.356. The topological polar surface area (TPSA) is 71.1 Å². The van der Waals surface area contributed by atoms with Crippen LogP contribution in [0.2, 0.25) is 5.02 Å². The Morgan fingerprint density at radius 1 is 0.846 bits per heavy atom. The van der Waals surface area contributed by atoms with Crippen LogP contribution < -0.4 is 10.6 Å². The molecule has 2 aromatic carbocycles. The van der Waals surface area contributed by atoms with Crippen molar-refractivity contribution in [3.8, 4) is 0 Å². The van der Waals surface area contributed by atoms with Crippen LogP contribution in [0.3, 0.4) is 0 Å². The van der Waals surface area contributed by atoms with Gasteiger partial charge in [0.1, 0.15) is 0 Å². The van der Waals surface area contributed by atoms with Crippen molar-refractivity contribution in [2.45, 2.75) is 6.92 Å². The van der Waals surface area contributed by atoms with Gasteiger partial charge in [0, 0.05) is 28.8 Å². The Bertz CT molecular complexity index is 955. The summed E-state index contributed by atoms with van der Waals surface area (Å²) in [5.74, 6) is -0.686. The van der Waals surface area contributed by atoms with E-state index in [4.69, 9.17) is 11.6 Å². The van der Waals surface area contributed by atoms with Crippen LogP contribution in [0.25, 0.3) is 0 Å². The van der Waals surface area contributed by atoms with Crippen LogP contribution in [0, 0.1) is 6.92 Å². The van der Waals surface area contributed by atoms with Crippen molar-refractivity contribution in [2.24, 2.45) is 0 Å². The van der Waals surface area contributed by atoms with E-state index in [1.807, 2.05) is 25.1 Å². The highest BCUT2D eigenvalue weighted by Crippen LogP contribution is 2.15. The Balaban J connectivity index is 1.73. The third-order valence-electron chi connectivity index (χ3n) is 3.64. The average Bonchev–Trinajstić information content (AvgIpc) is 2.64. The summed E-state index contributed by atoms with van der Waals surface area (Å²) in [6.45, 7) is 1.94. The lowest BCUT2D eigenvalue weighted by Gasteiger charge is -2.08. The summed E-state index contributed by atoms with van der Waals surface area (Å²) in [5, 5.41) is 6.12. The molecular formula is C20H16ClN3O2. The molecule has 0 fully saturated rings. The number of nitrogens with zero attached hydrogens (tertiary/aromatic N) is 1. The first-order chi connectivity index (χ1) is 12.5. The van der Waals surface area contributed by atoms with E-state index in [0.29, 0.717) is 22.0 Å². The molecule has 6 heteroatoms. The van der Waals surface area contributed by atoms with Crippen LogP contribution in [0.4, 0.5) is 11.4 Å². The number of nitrogens with one attached hydrogen (secondary N) is 2. The highest BCUT2D eigenvalue weighted by atomic mass is 35.5. The Hall–Kier alpha value is -3.18. The second-order valence-electron chi connectivity index (χ2n) is 5.75. The van der Waals surface area contributed by atoms with E-state index in [1.54, 1.807) is 30.3 Å². The lowest BCUT2D eigenvalue weighted by atomic mass is 10.1. The normalized spacial score (nSPS) is 10.2. The van der Waals surface area contributed by atoms with Gasteiger partial charge in [-0.05, 0) is 55.0 Å². The number of amides is 2. The molecule has 130 valence electrons. The van der Waals surface area contributed by atoms with E-state index in [9.17, 15) is 9.59 Å². The molecule has 0 spiro atoms. The second-order valence-corrected chi connectivity index (χ2v) is 6.18. The molecule has 3 aromatic rings. The zero-order valence-electron chi connectivity index (χ0n) is 14.0. The highest BCUT2D eigenvalue weighted by molar-refractivity contribution is 6.30. The number of aromatic nitrogens is 1. The minimum Gasteiger partial charge on any atom is -0.322 e. The van der Waals surface area contributed by atoms with Crippen molar-refractivity contribution in [1.82, 2.24) is 4.98 Å². The minimum absolute atomic E-state index is 0.289. The molecule has 26 heavy (non-hydrogen) atoms. The molecule has 0 radical (unpaired) electrons. The third kappa shape index (κ3) is 4.46. The monoisotopic (exact) mass is 365 g/mol. The first-order valence-corrected chi connectivity index (χ1v) is 8.29. The van der Waals surface area contributed by atoms with E-state index < -0.39 is 0 Å². The molecule has 2 N–H and O–H groups in total. The van der Waals surface area contributed by atoms with Crippen molar-refractivity contribution >= 4 is 34.8 Å². The van der Waals surface area contributed by atoms with Gasteiger partial charge in [-0.15, -0.1) is 0 Å². The summed E-state index contributed by atoms with van der Waals surface area (Å²) < 4.78 is 0. The summed E-state index contributed by atoms with van der Waals surface area (Å²) in [4.78, 5) is 28.8. The molecule has 3 rings (SSSR count). The molecule has 1 aromatic heterocycles. The quantitative estimate of drug-likeness (QED) is 0.712. The van der Waals surface area contributed by atoms with Crippen molar-refractivity contribution in [3.63, 3.8) is 0 Å². The van der Waals surface area contributed by atoms with Gasteiger partial charge in [-0.2, -0.15) is 0 Å². The fourth-order valence-electron chi connectivity index (χ4n) is 2.35. The van der Waals surface area contributed by atoms with Gasteiger partial charge in [-0.1, -0.05) is 23.7 Å². The SMILES string of the molecule is Cc1cccc(NC(=O)c2cncc(C(=O)Nc3ccc(Cl)cc3)c2)c1. The number of carbonyl (C=O) groups is 2. The van der Waals surface area contributed by atoms with Crippen molar-refractivity contribution in [3.05, 3.63) is 88.7 Å². The Kier molecular flexibility index (Phi) is 5.29. The zero-order chi connectivity index (χ0) is 18.5. The van der Waals surface area contributed by atoms with Gasteiger partial charge in [0.05, 0.1) is 11.1 Å². The highest BCUT2D eigenvalue weighted by Gasteiger charge is 2.12. The molecule has 0 aliphatic heterocycles. The maximum absolute atomic E-state index is 12.4. The molecule has 0 unspecified atom stereocenters. The van der Waals surface area contributed by atoms with E-state index in [1.165, 1.54) is 18.5 Å². The smallest absolute Gasteiger partial charge is 0.257 e. The number of hydrogen-bond donors (Lipinski definition) is 2. The van der Waals surface area contributed by atoms with E-state index in [-0.39, 0.29) is 17.4 Å². The van der Waals surface area contributed by atoms with E-state index in [2.05, 4.69) is 15.6 Å². The van der Waals surface area contributed by atoms with Crippen LogP contribution in [-0.4, -0.2) is 16.8 Å². The van der Waals surface area contributed by atoms with Gasteiger partial charge < -0.3 is 10.6 Å². The van der Waals surface area contributed by atoms with Crippen LogP contribution >= 0.6 is 11.6 Å². The molecule has 0 bridgehead atoms. The van der Waals surface area contributed by atoms with Crippen LogP contribution in [0.1, 0.15) is 26.3 Å². The van der Waals surface area contributed by atoms with Gasteiger partial charge in [-0.3, -0.25) is 14.6 Å². The van der Waals surface area contributed by atoms with Gasteiger partial charge in [0.25, 0.3) is 11.8 Å². The molecule has 0 aliphatic carbocycles. The number of carbonyl (C=O) groups excluding carboxylic acids is 2. The van der Waals surface area contributed by atoms with Crippen molar-refractivity contribution < 1.29 is 9.59 Å². The standard InChI is InChI=1S/C20H16ClN3O2/c1-13-3-2-4-18(9-13)24-20(26)15-10-14(11-22-12-15)19(25)23-17-7-5-16(21)6-8-17/h2-12H,1H3,(H,23,25)(H,24,26). The number of anilines is 2. The lowest BCUT2D eigenvalue weighted by Crippen LogP contribution is -2.16. The Morgan fingerprint density at radius 3 is 2.08 bits per heavy atom. The van der Waals surface area contributed by atoms with E-state index >= 15 is 0 Å². The number of pyridine rings is 1. The van der Waals surface area contributed by atoms with Crippen molar-refractivity contribution in [1.29, 1.82) is 0 Å². The van der Waals surface area contributed by atoms with Gasteiger partial charge >= 0.3 is 0 Å². The molecule has 0 saturated heterocycles. The maximum Gasteiger partial charge on any atom is 0.257 e. The molecule has 2 amide bonds. The van der Waals surface area contributed by atoms with Crippen LogP contribution in [0.5, 0.6) is 0 Å². The van der Waals surface area contributed by atoms with Gasteiger partial charge in [0.15, 0.2) is 0 Å². The summed E-state index contributed by atoms with van der Waals surface area (Å²) in [7, 11) is 0. The van der Waals surface area contributed by atoms with E-state index in [0.717, 1.165) is 5.56 Å². The molecule has 0 aliphatic rings. The number of hydrogen-bond acceptors (Lipinski definition) is 3. The number of aryl methyl sites for hydroxylation is 1. The fourth-order valence-corrected chi connectivity index (χ4v) is 2.48. The van der Waals surface area contributed by atoms with Gasteiger partial charge in [-0.25, -0.2) is 0 Å². The molecule has 0 atom stereocenters. The summed E-state index contributed by atoms with van der Waals surface area (Å²) in [6.07, 6.45) is 2.83. The number of halogens is 1. The number of benzene rings is 2. The first-order valence-electron chi connectivity index (χ1n) is 7.91.